The van der Waals surface area contributed by atoms with Gasteiger partial charge >= 0.3 is 0 Å². The van der Waals surface area contributed by atoms with E-state index >= 15 is 0 Å². The number of fused-ring (bicyclic) bond motifs is 1. The summed E-state index contributed by atoms with van der Waals surface area (Å²) in [6.07, 6.45) is 1.62. The highest BCUT2D eigenvalue weighted by molar-refractivity contribution is 5.78. The average Bonchev–Trinajstić information content (AvgIpc) is 2.40. The quantitative estimate of drug-likeness (QED) is 0.653. The van der Waals surface area contributed by atoms with Crippen molar-refractivity contribution in [1.82, 2.24) is 9.97 Å². The molecule has 0 fully saturated rings. The number of nitrogens with zero attached hydrogens (tertiary/aromatic N) is 2. The molecule has 0 saturated heterocycles. The van der Waals surface area contributed by atoms with E-state index in [2.05, 4.69) is 9.97 Å². The molecular weight excluding hydrogens is 239 g/mol. The summed E-state index contributed by atoms with van der Waals surface area (Å²) in [6, 6.07) is 10.6. The van der Waals surface area contributed by atoms with E-state index in [9.17, 15) is 4.39 Å². The van der Waals surface area contributed by atoms with Crippen molar-refractivity contribution >= 4 is 11.0 Å². The number of benzene rings is 2. The van der Waals surface area contributed by atoms with Crippen LogP contribution in [0.3, 0.4) is 0 Å². The Morgan fingerprint density at radius 1 is 0.947 bits per heavy atom. The lowest BCUT2D eigenvalue weighted by Gasteiger charge is -2.06. The maximum Gasteiger partial charge on any atom is 0.132 e. The molecule has 0 spiro atoms. The standard InChI is InChI=1S/C16H13FN2/c1-10-7-14-15(8-11(10)2)19-16(9-18-14)12-5-3-4-6-13(12)17/h3-9H,1-2H3. The highest BCUT2D eigenvalue weighted by atomic mass is 19.1. The van der Waals surface area contributed by atoms with Crippen LogP contribution in [0.25, 0.3) is 22.3 Å². The summed E-state index contributed by atoms with van der Waals surface area (Å²) in [5.74, 6) is -0.278. The molecule has 3 heteroatoms. The Kier molecular flexibility index (Phi) is 2.75. The summed E-state index contributed by atoms with van der Waals surface area (Å²) in [5, 5.41) is 0. The zero-order valence-corrected chi connectivity index (χ0v) is 10.8. The molecule has 0 unspecified atom stereocenters. The second kappa shape index (κ2) is 4.43. The predicted octanol–water partition coefficient (Wildman–Crippen LogP) is 4.05. The van der Waals surface area contributed by atoms with Crippen molar-refractivity contribution in [1.29, 1.82) is 0 Å². The van der Waals surface area contributed by atoms with E-state index < -0.39 is 0 Å². The fourth-order valence-electron chi connectivity index (χ4n) is 2.07. The van der Waals surface area contributed by atoms with Crippen molar-refractivity contribution in [2.45, 2.75) is 13.8 Å². The highest BCUT2D eigenvalue weighted by Gasteiger charge is 2.08. The molecule has 0 aliphatic carbocycles. The zero-order valence-electron chi connectivity index (χ0n) is 10.8. The predicted molar refractivity (Wildman–Crippen MR) is 74.4 cm³/mol. The Balaban J connectivity index is 2.22. The van der Waals surface area contributed by atoms with Crippen molar-refractivity contribution < 1.29 is 4.39 Å². The van der Waals surface area contributed by atoms with Gasteiger partial charge in [-0.25, -0.2) is 9.37 Å². The van der Waals surface area contributed by atoms with E-state index in [0.29, 0.717) is 11.3 Å². The van der Waals surface area contributed by atoms with Crippen molar-refractivity contribution in [3.63, 3.8) is 0 Å². The van der Waals surface area contributed by atoms with Crippen molar-refractivity contribution in [2.75, 3.05) is 0 Å². The van der Waals surface area contributed by atoms with Gasteiger partial charge in [-0.15, -0.1) is 0 Å². The van der Waals surface area contributed by atoms with E-state index in [1.165, 1.54) is 11.6 Å². The zero-order chi connectivity index (χ0) is 13.4. The summed E-state index contributed by atoms with van der Waals surface area (Å²) < 4.78 is 13.8. The number of aromatic nitrogens is 2. The van der Waals surface area contributed by atoms with E-state index in [1.54, 1.807) is 24.4 Å². The van der Waals surface area contributed by atoms with Crippen LogP contribution in [0.15, 0.2) is 42.6 Å². The van der Waals surface area contributed by atoms with Crippen LogP contribution in [0.4, 0.5) is 4.39 Å². The van der Waals surface area contributed by atoms with Gasteiger partial charge in [-0.3, -0.25) is 4.98 Å². The maximum atomic E-state index is 13.8. The van der Waals surface area contributed by atoms with E-state index in [-0.39, 0.29) is 5.82 Å². The van der Waals surface area contributed by atoms with Gasteiger partial charge in [0, 0.05) is 5.56 Å². The molecule has 0 amide bonds. The van der Waals surface area contributed by atoms with Gasteiger partial charge in [0.25, 0.3) is 0 Å². The first-order chi connectivity index (χ1) is 9.15. The Bertz CT molecular complexity index is 766. The van der Waals surface area contributed by atoms with Crippen LogP contribution in [-0.2, 0) is 0 Å². The third kappa shape index (κ3) is 2.08. The van der Waals surface area contributed by atoms with Crippen molar-refractivity contribution in [3.8, 4) is 11.3 Å². The van der Waals surface area contributed by atoms with Crippen LogP contribution in [0.2, 0.25) is 0 Å². The van der Waals surface area contributed by atoms with Crippen molar-refractivity contribution in [3.05, 3.63) is 59.5 Å². The lowest BCUT2D eigenvalue weighted by molar-refractivity contribution is 0.630. The number of hydrogen-bond acceptors (Lipinski definition) is 2. The summed E-state index contributed by atoms with van der Waals surface area (Å²) in [5.41, 5.74) is 5.02. The number of rotatable bonds is 1. The topological polar surface area (TPSA) is 25.8 Å². The van der Waals surface area contributed by atoms with Crippen LogP contribution in [0.5, 0.6) is 0 Å². The smallest absolute Gasteiger partial charge is 0.132 e. The molecule has 2 aromatic carbocycles. The molecule has 0 N–H and O–H groups in total. The summed E-state index contributed by atoms with van der Waals surface area (Å²) in [7, 11) is 0. The number of hydrogen-bond donors (Lipinski definition) is 0. The van der Waals surface area contributed by atoms with Gasteiger partial charge in [-0.05, 0) is 49.2 Å². The minimum absolute atomic E-state index is 0.278. The van der Waals surface area contributed by atoms with Crippen LogP contribution in [0.1, 0.15) is 11.1 Å². The second-order valence-electron chi connectivity index (χ2n) is 4.66. The first-order valence-corrected chi connectivity index (χ1v) is 6.14. The first kappa shape index (κ1) is 11.8. The Morgan fingerprint density at radius 2 is 1.63 bits per heavy atom. The van der Waals surface area contributed by atoms with Gasteiger partial charge < -0.3 is 0 Å². The fourth-order valence-corrected chi connectivity index (χ4v) is 2.07. The van der Waals surface area contributed by atoms with Crippen LogP contribution in [-0.4, -0.2) is 9.97 Å². The Morgan fingerprint density at radius 3 is 2.37 bits per heavy atom. The van der Waals surface area contributed by atoms with E-state index in [1.807, 2.05) is 26.0 Å². The largest absolute Gasteiger partial charge is 0.252 e. The normalized spacial score (nSPS) is 10.9. The van der Waals surface area contributed by atoms with Gasteiger partial charge in [0.2, 0.25) is 0 Å². The minimum Gasteiger partial charge on any atom is -0.252 e. The third-order valence-electron chi connectivity index (χ3n) is 3.31. The van der Waals surface area contributed by atoms with Crippen LogP contribution in [0, 0.1) is 19.7 Å². The molecule has 0 bridgehead atoms. The summed E-state index contributed by atoms with van der Waals surface area (Å²) >= 11 is 0. The molecule has 0 aliphatic heterocycles. The number of halogens is 1. The van der Waals surface area contributed by atoms with Gasteiger partial charge in [0.15, 0.2) is 0 Å². The van der Waals surface area contributed by atoms with E-state index in [0.717, 1.165) is 16.6 Å². The highest BCUT2D eigenvalue weighted by Crippen LogP contribution is 2.23. The van der Waals surface area contributed by atoms with Crippen molar-refractivity contribution in [2.24, 2.45) is 0 Å². The molecule has 2 nitrogen and oxygen atoms in total. The van der Waals surface area contributed by atoms with Crippen LogP contribution < -0.4 is 0 Å². The lowest BCUT2D eigenvalue weighted by atomic mass is 10.1. The molecule has 94 valence electrons. The lowest BCUT2D eigenvalue weighted by Crippen LogP contribution is -1.92. The first-order valence-electron chi connectivity index (χ1n) is 6.14. The molecule has 0 radical (unpaired) electrons. The Hall–Kier alpha value is -2.29. The van der Waals surface area contributed by atoms with Gasteiger partial charge in [0.1, 0.15) is 5.82 Å². The number of aryl methyl sites for hydroxylation is 2. The second-order valence-corrected chi connectivity index (χ2v) is 4.66. The van der Waals surface area contributed by atoms with Gasteiger partial charge in [-0.1, -0.05) is 12.1 Å². The van der Waals surface area contributed by atoms with Crippen LogP contribution >= 0.6 is 0 Å². The summed E-state index contributed by atoms with van der Waals surface area (Å²) in [6.45, 7) is 4.08. The van der Waals surface area contributed by atoms with Gasteiger partial charge in [-0.2, -0.15) is 0 Å². The molecule has 1 heterocycles. The molecule has 3 aromatic rings. The molecule has 3 rings (SSSR count). The van der Waals surface area contributed by atoms with Gasteiger partial charge in [0.05, 0.1) is 22.9 Å². The molecule has 1 aromatic heterocycles. The molecular formula is C16H13FN2. The molecule has 0 atom stereocenters. The van der Waals surface area contributed by atoms with E-state index in [4.69, 9.17) is 0 Å². The molecule has 0 saturated carbocycles. The third-order valence-corrected chi connectivity index (χ3v) is 3.31. The summed E-state index contributed by atoms with van der Waals surface area (Å²) in [4.78, 5) is 8.88. The minimum atomic E-state index is -0.278. The average molecular weight is 252 g/mol. The fraction of sp³-hybridized carbons (Fsp3) is 0.125. The monoisotopic (exact) mass is 252 g/mol. The maximum absolute atomic E-state index is 13.8. The SMILES string of the molecule is Cc1cc2ncc(-c3ccccc3F)nc2cc1C. The molecule has 0 aliphatic rings. The Labute approximate surface area is 111 Å². The molecule has 19 heavy (non-hydrogen) atoms.